The lowest BCUT2D eigenvalue weighted by molar-refractivity contribution is 0.0286. The summed E-state index contributed by atoms with van der Waals surface area (Å²) in [6.07, 6.45) is 5.06. The van der Waals surface area contributed by atoms with Gasteiger partial charge in [-0.3, -0.25) is 9.78 Å². The van der Waals surface area contributed by atoms with E-state index in [4.69, 9.17) is 4.74 Å². The van der Waals surface area contributed by atoms with Gasteiger partial charge >= 0.3 is 6.09 Å². The molecule has 1 aromatic heterocycles. The van der Waals surface area contributed by atoms with E-state index < -0.39 is 5.60 Å². The van der Waals surface area contributed by atoms with E-state index in [1.54, 1.807) is 16.8 Å². The molecule has 0 aliphatic carbocycles. The molecule has 0 bridgehead atoms. The number of ether oxygens (including phenoxy) is 1. The molecule has 1 fully saturated rings. The highest BCUT2D eigenvalue weighted by molar-refractivity contribution is 5.91. The van der Waals surface area contributed by atoms with Gasteiger partial charge in [0.1, 0.15) is 11.3 Å². The summed E-state index contributed by atoms with van der Waals surface area (Å²) in [4.78, 5) is 35.6. The van der Waals surface area contributed by atoms with E-state index in [9.17, 15) is 9.59 Å². The van der Waals surface area contributed by atoms with Gasteiger partial charge in [-0.05, 0) is 33.1 Å². The summed E-state index contributed by atoms with van der Waals surface area (Å²) in [5.41, 5.74) is -0.162. The van der Waals surface area contributed by atoms with E-state index >= 15 is 0 Å². The first kappa shape index (κ1) is 17.2. The molecule has 7 heteroatoms. The highest BCUT2D eigenvalue weighted by Crippen LogP contribution is 2.20. The Morgan fingerprint density at radius 1 is 1.39 bits per heavy atom. The Morgan fingerprint density at radius 3 is 2.74 bits per heavy atom. The van der Waals surface area contributed by atoms with E-state index in [0.29, 0.717) is 25.3 Å². The number of amides is 2. The van der Waals surface area contributed by atoms with Crippen molar-refractivity contribution in [1.29, 1.82) is 0 Å². The number of aromatic nitrogens is 2. The molecule has 0 spiro atoms. The minimum atomic E-state index is -0.492. The molecule has 0 N–H and O–H groups in total. The Hall–Kier alpha value is -2.18. The van der Waals surface area contributed by atoms with Crippen molar-refractivity contribution in [3.63, 3.8) is 0 Å². The Bertz CT molecular complexity index is 556. The summed E-state index contributed by atoms with van der Waals surface area (Å²) in [7, 11) is 1.74. The van der Waals surface area contributed by atoms with Gasteiger partial charge < -0.3 is 14.5 Å². The van der Waals surface area contributed by atoms with Gasteiger partial charge in [0.25, 0.3) is 5.91 Å². The molecule has 2 heterocycles. The number of rotatable bonds is 3. The topological polar surface area (TPSA) is 75.6 Å². The van der Waals surface area contributed by atoms with Crippen molar-refractivity contribution in [3.8, 4) is 0 Å². The third-order valence-corrected chi connectivity index (χ3v) is 3.60. The zero-order chi connectivity index (χ0) is 17.0. The van der Waals surface area contributed by atoms with Crippen molar-refractivity contribution in [2.75, 3.05) is 26.7 Å². The van der Waals surface area contributed by atoms with Gasteiger partial charge in [-0.15, -0.1) is 0 Å². The second-order valence-electron chi connectivity index (χ2n) is 6.86. The van der Waals surface area contributed by atoms with E-state index in [1.807, 2.05) is 20.8 Å². The molecule has 126 valence electrons. The lowest BCUT2D eigenvalue weighted by atomic mass is 10.1. The van der Waals surface area contributed by atoms with Crippen molar-refractivity contribution in [1.82, 2.24) is 19.8 Å². The monoisotopic (exact) mass is 320 g/mol. The minimum Gasteiger partial charge on any atom is -0.444 e. The summed E-state index contributed by atoms with van der Waals surface area (Å²) < 4.78 is 5.38. The smallest absolute Gasteiger partial charge is 0.410 e. The molecule has 0 unspecified atom stereocenters. The average molecular weight is 320 g/mol. The van der Waals surface area contributed by atoms with Crippen LogP contribution in [0.3, 0.4) is 0 Å². The van der Waals surface area contributed by atoms with Crippen molar-refractivity contribution in [3.05, 3.63) is 24.3 Å². The summed E-state index contributed by atoms with van der Waals surface area (Å²) in [6.45, 7) is 7.40. The van der Waals surface area contributed by atoms with Crippen LogP contribution in [0, 0.1) is 5.92 Å². The molecule has 7 nitrogen and oxygen atoms in total. The molecule has 0 radical (unpaired) electrons. The van der Waals surface area contributed by atoms with Gasteiger partial charge in [0.2, 0.25) is 0 Å². The fourth-order valence-electron chi connectivity index (χ4n) is 2.55. The Kier molecular flexibility index (Phi) is 5.18. The standard InChI is InChI=1S/C16H24N4O3/c1-16(2,3)23-15(22)20-8-5-12(11-20)10-19(4)14(21)13-9-17-6-7-18-13/h6-7,9,12H,5,8,10-11H2,1-4H3/t12-/m1/s1. The number of hydrogen-bond acceptors (Lipinski definition) is 5. The van der Waals surface area contributed by atoms with Crippen LogP contribution in [0.1, 0.15) is 37.7 Å². The molecule has 1 saturated heterocycles. The summed E-state index contributed by atoms with van der Waals surface area (Å²) in [5, 5.41) is 0. The molecule has 1 aliphatic heterocycles. The lowest BCUT2D eigenvalue weighted by Gasteiger charge is -2.25. The van der Waals surface area contributed by atoms with Gasteiger partial charge in [0, 0.05) is 39.1 Å². The van der Waals surface area contributed by atoms with E-state index in [0.717, 1.165) is 6.42 Å². The van der Waals surface area contributed by atoms with Crippen LogP contribution in [-0.2, 0) is 4.74 Å². The van der Waals surface area contributed by atoms with Gasteiger partial charge in [-0.25, -0.2) is 9.78 Å². The average Bonchev–Trinajstić information content (AvgIpc) is 2.94. The zero-order valence-electron chi connectivity index (χ0n) is 14.2. The van der Waals surface area contributed by atoms with Crippen molar-refractivity contribution >= 4 is 12.0 Å². The van der Waals surface area contributed by atoms with Gasteiger partial charge in [-0.2, -0.15) is 0 Å². The van der Waals surface area contributed by atoms with E-state index in [1.165, 1.54) is 18.6 Å². The van der Waals surface area contributed by atoms with Gasteiger partial charge in [0.05, 0.1) is 6.20 Å². The number of nitrogens with zero attached hydrogens (tertiary/aromatic N) is 4. The van der Waals surface area contributed by atoms with Gasteiger partial charge in [0.15, 0.2) is 0 Å². The van der Waals surface area contributed by atoms with Crippen molar-refractivity contribution < 1.29 is 14.3 Å². The molecular weight excluding hydrogens is 296 g/mol. The summed E-state index contributed by atoms with van der Waals surface area (Å²) >= 11 is 0. The van der Waals surface area contributed by atoms with Crippen LogP contribution in [0.15, 0.2) is 18.6 Å². The first-order valence-corrected chi connectivity index (χ1v) is 7.75. The van der Waals surface area contributed by atoms with Gasteiger partial charge in [-0.1, -0.05) is 0 Å². The molecule has 0 aromatic carbocycles. The Morgan fingerprint density at radius 2 is 2.13 bits per heavy atom. The first-order valence-electron chi connectivity index (χ1n) is 7.75. The number of hydrogen-bond donors (Lipinski definition) is 0. The van der Waals surface area contributed by atoms with Crippen LogP contribution in [0.5, 0.6) is 0 Å². The normalized spacial score (nSPS) is 17.9. The number of carbonyl (C=O) groups is 2. The van der Waals surface area contributed by atoms with Crippen LogP contribution in [0.25, 0.3) is 0 Å². The molecule has 0 saturated carbocycles. The summed E-state index contributed by atoms with van der Waals surface area (Å²) in [5.74, 6) is 0.0851. The maximum absolute atomic E-state index is 12.3. The largest absolute Gasteiger partial charge is 0.444 e. The zero-order valence-corrected chi connectivity index (χ0v) is 14.2. The molecule has 1 aromatic rings. The van der Waals surface area contributed by atoms with Crippen LogP contribution >= 0.6 is 0 Å². The maximum Gasteiger partial charge on any atom is 0.410 e. The Balaban J connectivity index is 1.85. The molecular formula is C16H24N4O3. The molecule has 2 rings (SSSR count). The fraction of sp³-hybridized carbons (Fsp3) is 0.625. The SMILES string of the molecule is CN(C[C@H]1CCN(C(=O)OC(C)(C)C)C1)C(=O)c1cnccn1. The van der Waals surface area contributed by atoms with Crippen LogP contribution in [-0.4, -0.2) is 64.1 Å². The quantitative estimate of drug-likeness (QED) is 0.849. The molecule has 23 heavy (non-hydrogen) atoms. The number of carbonyl (C=O) groups excluding carboxylic acids is 2. The minimum absolute atomic E-state index is 0.159. The van der Waals surface area contributed by atoms with Crippen molar-refractivity contribution in [2.24, 2.45) is 5.92 Å². The molecule has 1 aliphatic rings. The van der Waals surface area contributed by atoms with Crippen LogP contribution in [0.2, 0.25) is 0 Å². The molecule has 2 amide bonds. The highest BCUT2D eigenvalue weighted by Gasteiger charge is 2.31. The van der Waals surface area contributed by atoms with E-state index in [2.05, 4.69) is 9.97 Å². The molecule has 1 atom stereocenters. The van der Waals surface area contributed by atoms with Crippen LogP contribution < -0.4 is 0 Å². The second-order valence-corrected chi connectivity index (χ2v) is 6.86. The summed E-state index contributed by atoms with van der Waals surface area (Å²) in [6, 6.07) is 0. The third kappa shape index (κ3) is 4.91. The predicted octanol–water partition coefficient (Wildman–Crippen LogP) is 1.81. The number of likely N-dealkylation sites (tertiary alicyclic amines) is 1. The van der Waals surface area contributed by atoms with E-state index in [-0.39, 0.29) is 17.9 Å². The first-order chi connectivity index (χ1) is 10.8. The van der Waals surface area contributed by atoms with Crippen molar-refractivity contribution in [2.45, 2.75) is 32.8 Å². The highest BCUT2D eigenvalue weighted by atomic mass is 16.6. The van der Waals surface area contributed by atoms with Crippen LogP contribution in [0.4, 0.5) is 4.79 Å². The maximum atomic E-state index is 12.3. The third-order valence-electron chi connectivity index (χ3n) is 3.60. The lowest BCUT2D eigenvalue weighted by Crippen LogP contribution is -2.37. The predicted molar refractivity (Wildman–Crippen MR) is 84.9 cm³/mol. The Labute approximate surface area is 136 Å². The fourth-order valence-corrected chi connectivity index (χ4v) is 2.55. The second kappa shape index (κ2) is 6.93.